The zero-order chi connectivity index (χ0) is 76.5. The number of aromatic nitrogens is 1. The van der Waals surface area contributed by atoms with Gasteiger partial charge in [0, 0.05) is 55.6 Å². The summed E-state index contributed by atoms with van der Waals surface area (Å²) < 4.78 is 74.2. The Labute approximate surface area is 661 Å². The molecule has 0 spiro atoms. The minimum atomic E-state index is -0.296. The van der Waals surface area contributed by atoms with Crippen molar-refractivity contribution in [2.24, 2.45) is 40.4 Å². The maximum atomic E-state index is 7.89. The van der Waals surface area contributed by atoms with Crippen molar-refractivity contribution in [3.63, 3.8) is 0 Å². The fourth-order valence-electron chi connectivity index (χ4n) is 15.3. The van der Waals surface area contributed by atoms with E-state index in [0.29, 0.717) is 95.7 Å². The number of rotatable bonds is 41. The van der Waals surface area contributed by atoms with Crippen LogP contribution in [0.1, 0.15) is 236 Å². The first-order valence-electron chi connectivity index (χ1n) is 41.9. The largest absolute Gasteiger partial charge is 0.493 e. The number of fused-ring (bicyclic) bond motifs is 3. The van der Waals surface area contributed by atoms with E-state index in [4.69, 9.17) is 47.4 Å². The molecule has 4 aromatic heterocycles. The fourth-order valence-corrected chi connectivity index (χ4v) is 18.8. The highest BCUT2D eigenvalue weighted by Gasteiger charge is 2.39. The highest BCUT2D eigenvalue weighted by atomic mass is 32.1. The third-order valence-electron chi connectivity index (χ3n) is 22.6. The van der Waals surface area contributed by atoms with Crippen LogP contribution in [-0.2, 0) is 6.54 Å². The number of aryl methyl sites for hydroxylation is 2. The lowest BCUT2D eigenvalue weighted by Crippen LogP contribution is -2.26. The molecular formula is C94H129NO10S3. The van der Waals surface area contributed by atoms with Crippen LogP contribution >= 0.6 is 34.0 Å². The molecule has 0 N–H and O–H groups in total. The first kappa shape index (κ1) is 82.2. The van der Waals surface area contributed by atoms with Gasteiger partial charge in [0.05, 0.1) is 88.6 Å². The SMILES string of the molecule is CCCCC(CC)COc1ccc(C)cc1-c1cc(-c2sc(-c3ccc(-c4sc(-c5ccc(-c6sc(C)c7c6OCC(C)(C)CO7)n5CC(CC)CCCC)c5c4OCC(C)(C)CO5)c(OCC(CC)CCCC)c3-c3ccccc3OCC(CC)CCCC)c3c2OCCO3)ccc1OCC(CC)CCCC. The second-order valence-electron chi connectivity index (χ2n) is 32.8. The van der Waals surface area contributed by atoms with Crippen LogP contribution in [0.4, 0.5) is 0 Å². The Morgan fingerprint density at radius 1 is 0.380 bits per heavy atom. The number of hydrogen-bond acceptors (Lipinski definition) is 13. The van der Waals surface area contributed by atoms with E-state index in [-0.39, 0.29) is 10.8 Å². The minimum absolute atomic E-state index is 0.144. The van der Waals surface area contributed by atoms with Crippen molar-refractivity contribution in [3.05, 3.63) is 95.4 Å². The Kier molecular flexibility index (Phi) is 29.7. The van der Waals surface area contributed by atoms with E-state index in [1.54, 1.807) is 34.0 Å². The van der Waals surface area contributed by atoms with Crippen LogP contribution in [0.3, 0.4) is 0 Å². The van der Waals surface area contributed by atoms with Gasteiger partial charge in [0.25, 0.3) is 0 Å². The zero-order valence-corrected chi connectivity index (χ0v) is 71.1. The molecule has 8 aromatic rings. The molecule has 11 nitrogen and oxygen atoms in total. The molecule has 0 radical (unpaired) electrons. The number of hydrogen-bond donors (Lipinski definition) is 0. The van der Waals surface area contributed by atoms with Crippen molar-refractivity contribution in [3.8, 4) is 132 Å². The Balaban J connectivity index is 1.17. The van der Waals surface area contributed by atoms with E-state index in [0.717, 1.165) is 252 Å². The summed E-state index contributed by atoms with van der Waals surface area (Å²) in [6, 6.07) is 31.3. The Bertz CT molecular complexity index is 4180. The van der Waals surface area contributed by atoms with Crippen molar-refractivity contribution < 1.29 is 47.4 Å². The number of thiophene rings is 3. The molecule has 11 rings (SSSR count). The lowest BCUT2D eigenvalue weighted by Gasteiger charge is -2.25. The third-order valence-corrected chi connectivity index (χ3v) is 26.1. The van der Waals surface area contributed by atoms with E-state index < -0.39 is 0 Å². The molecule has 3 aliphatic heterocycles. The summed E-state index contributed by atoms with van der Waals surface area (Å²) in [6.07, 6.45) is 22.3. The second-order valence-corrected chi connectivity index (χ2v) is 36.0. The number of para-hydroxylation sites is 1. The molecule has 4 aromatic carbocycles. The molecule has 3 aliphatic rings. The van der Waals surface area contributed by atoms with Gasteiger partial charge in [-0.1, -0.05) is 229 Å². The molecule has 14 heteroatoms. The molecular weight excluding hydrogens is 1400 g/mol. The van der Waals surface area contributed by atoms with Gasteiger partial charge >= 0.3 is 0 Å². The van der Waals surface area contributed by atoms with E-state index in [1.807, 2.05) is 0 Å². The summed E-state index contributed by atoms with van der Waals surface area (Å²) >= 11 is 5.25. The maximum absolute atomic E-state index is 7.89. The molecule has 0 saturated heterocycles. The highest BCUT2D eigenvalue weighted by Crippen LogP contribution is 2.63. The van der Waals surface area contributed by atoms with Crippen molar-refractivity contribution >= 4 is 34.0 Å². The predicted molar refractivity (Wildman–Crippen MR) is 455 cm³/mol. The van der Waals surface area contributed by atoms with E-state index in [1.165, 1.54) is 25.7 Å². The molecule has 5 unspecified atom stereocenters. The topological polar surface area (TPSA) is 97.2 Å². The smallest absolute Gasteiger partial charge is 0.182 e. The van der Waals surface area contributed by atoms with E-state index in [2.05, 4.69) is 200 Å². The number of ether oxygens (including phenoxy) is 10. The van der Waals surface area contributed by atoms with Crippen LogP contribution in [0.25, 0.3) is 74.7 Å². The van der Waals surface area contributed by atoms with E-state index in [9.17, 15) is 0 Å². The summed E-state index contributed by atoms with van der Waals surface area (Å²) in [5.41, 5.74) is 9.79. The van der Waals surface area contributed by atoms with Gasteiger partial charge in [0.15, 0.2) is 34.5 Å². The van der Waals surface area contributed by atoms with Crippen molar-refractivity contribution in [1.82, 2.24) is 4.57 Å². The average molecular weight is 1530 g/mol. The first-order valence-corrected chi connectivity index (χ1v) is 44.3. The van der Waals surface area contributed by atoms with Gasteiger partial charge in [0.1, 0.15) is 36.2 Å². The summed E-state index contributed by atoms with van der Waals surface area (Å²) in [5, 5.41) is 0. The number of unbranched alkanes of at least 4 members (excludes halogenated alkanes) is 5. The molecule has 0 amide bonds. The van der Waals surface area contributed by atoms with Crippen LogP contribution < -0.4 is 47.4 Å². The molecule has 108 heavy (non-hydrogen) atoms. The lowest BCUT2D eigenvalue weighted by molar-refractivity contribution is 0.140. The molecule has 0 aliphatic carbocycles. The molecule has 588 valence electrons. The molecule has 7 heterocycles. The van der Waals surface area contributed by atoms with Gasteiger partial charge in [-0.05, 0) is 136 Å². The van der Waals surface area contributed by atoms with Gasteiger partial charge < -0.3 is 51.9 Å². The van der Waals surface area contributed by atoms with Crippen LogP contribution in [0, 0.1) is 54.3 Å². The van der Waals surface area contributed by atoms with Crippen molar-refractivity contribution in [2.45, 2.75) is 246 Å². The Morgan fingerprint density at radius 2 is 0.787 bits per heavy atom. The molecule has 5 atom stereocenters. The third kappa shape index (κ3) is 19.6. The van der Waals surface area contributed by atoms with Crippen molar-refractivity contribution in [1.29, 1.82) is 0 Å². The van der Waals surface area contributed by atoms with Crippen molar-refractivity contribution in [2.75, 3.05) is 66.1 Å². The van der Waals surface area contributed by atoms with Gasteiger partial charge in [-0.25, -0.2) is 0 Å². The van der Waals surface area contributed by atoms with E-state index >= 15 is 0 Å². The minimum Gasteiger partial charge on any atom is -0.493 e. The quantitative estimate of drug-likeness (QED) is 0.0369. The van der Waals surface area contributed by atoms with Gasteiger partial charge in [-0.2, -0.15) is 0 Å². The first-order chi connectivity index (χ1) is 52.4. The summed E-state index contributed by atoms with van der Waals surface area (Å²) in [6.45, 7) is 42.4. The lowest BCUT2D eigenvalue weighted by atomic mass is 9.92. The number of nitrogens with zero attached hydrogens (tertiary/aromatic N) is 1. The fraction of sp³-hybridized carbons (Fsp3) is 0.574. The Hall–Kier alpha value is -6.74. The van der Waals surface area contributed by atoms with Crippen LogP contribution in [-0.4, -0.2) is 70.6 Å². The standard InChI is InChI=1S/C94H129NO10S3/c1-17-27-34-64(22-6)53-95-75(91-83-81(63(12)106-91)102-58-93(13,14)59-103-83)45-46-76(95)92-87-86(104-60-94(15,16)61-105-87)90(108-92)72-44-43-71(80(82(72)101-57-68(26-10)38-31-21-5)70-39-32-33-40-77(70)98-54-65(23-7)35-28-18-2)89-85-84(96-49-50-97-85)88(107-89)69-42-48-79(100-56-67(25-9)37-30-20-4)74(52-69)73-51-62(11)41-47-78(73)99-55-66(24-8)36-29-19-3/h32-33,39-48,51-52,64-68H,17-31,34-38,49-50,53-61H2,1-16H3. The second kappa shape index (κ2) is 38.9. The zero-order valence-electron chi connectivity index (χ0n) is 68.6. The predicted octanol–water partition coefficient (Wildman–Crippen LogP) is 27.9. The van der Waals surface area contributed by atoms with Gasteiger partial charge in [-0.3, -0.25) is 0 Å². The van der Waals surface area contributed by atoms with Gasteiger partial charge in [-0.15, -0.1) is 34.0 Å². The monoisotopic (exact) mass is 1530 g/mol. The number of benzene rings is 4. The molecule has 0 fully saturated rings. The maximum Gasteiger partial charge on any atom is 0.182 e. The molecule has 0 bridgehead atoms. The van der Waals surface area contributed by atoms with Crippen LogP contribution in [0.5, 0.6) is 57.5 Å². The average Bonchev–Trinajstić information content (AvgIpc) is 1.55. The Morgan fingerprint density at radius 3 is 1.31 bits per heavy atom. The summed E-state index contributed by atoms with van der Waals surface area (Å²) in [5.74, 6) is 10.0. The van der Waals surface area contributed by atoms with Crippen LogP contribution in [0.15, 0.2) is 84.9 Å². The normalized spacial score (nSPS) is 15.8. The summed E-state index contributed by atoms with van der Waals surface area (Å²) in [7, 11) is 0. The highest BCUT2D eigenvalue weighted by molar-refractivity contribution is 7.20. The van der Waals surface area contributed by atoms with Gasteiger partial charge in [0.2, 0.25) is 0 Å². The molecule has 0 saturated carbocycles. The summed E-state index contributed by atoms with van der Waals surface area (Å²) in [4.78, 5) is 6.15. The van der Waals surface area contributed by atoms with Crippen LogP contribution in [0.2, 0.25) is 0 Å².